The second kappa shape index (κ2) is 6.43. The first-order chi connectivity index (χ1) is 8.89. The summed E-state index contributed by atoms with van der Waals surface area (Å²) in [6.45, 7) is 0. The van der Waals surface area contributed by atoms with Crippen molar-refractivity contribution in [1.82, 2.24) is 0 Å². The minimum absolute atomic E-state index is 0. The Morgan fingerprint density at radius 2 is 1.50 bits per heavy atom. The van der Waals surface area contributed by atoms with E-state index in [9.17, 15) is 23.1 Å². The van der Waals surface area contributed by atoms with Crippen LogP contribution in [-0.4, -0.2) is 5.97 Å². The van der Waals surface area contributed by atoms with Gasteiger partial charge >= 0.3 is 35.7 Å². The van der Waals surface area contributed by atoms with Crippen LogP contribution in [0.3, 0.4) is 0 Å². The summed E-state index contributed by atoms with van der Waals surface area (Å²) in [6.07, 6.45) is -4.41. The van der Waals surface area contributed by atoms with Gasteiger partial charge in [-0.25, -0.2) is 0 Å². The van der Waals surface area contributed by atoms with E-state index in [1.54, 1.807) is 6.07 Å². The molecule has 6 heteroatoms. The SMILES string of the molecule is O=C([O-])c1ccccc1-c1ccc(C(F)(F)F)cc1.[Na+]. The minimum atomic E-state index is -4.41. The zero-order valence-electron chi connectivity index (χ0n) is 10.6. The Morgan fingerprint density at radius 3 is 2.00 bits per heavy atom. The number of carbonyl (C=O) groups is 1. The molecule has 0 atom stereocenters. The predicted octanol–water partition coefficient (Wildman–Crippen LogP) is -0.260. The Hall–Kier alpha value is -1.30. The monoisotopic (exact) mass is 288 g/mol. The summed E-state index contributed by atoms with van der Waals surface area (Å²) in [5.41, 5.74) is -0.103. The van der Waals surface area contributed by atoms with Crippen LogP contribution in [0.15, 0.2) is 48.5 Å². The van der Waals surface area contributed by atoms with Gasteiger partial charge in [-0.3, -0.25) is 0 Å². The number of halogens is 3. The first-order valence-electron chi connectivity index (χ1n) is 5.37. The zero-order valence-corrected chi connectivity index (χ0v) is 12.6. The third-order valence-electron chi connectivity index (χ3n) is 2.67. The average Bonchev–Trinajstić information content (AvgIpc) is 2.38. The Balaban J connectivity index is 0.00000200. The molecule has 0 radical (unpaired) electrons. The topological polar surface area (TPSA) is 40.1 Å². The van der Waals surface area contributed by atoms with Crippen LogP contribution < -0.4 is 34.7 Å². The van der Waals surface area contributed by atoms with Crippen molar-refractivity contribution >= 4 is 5.97 Å². The molecule has 0 saturated carbocycles. The van der Waals surface area contributed by atoms with Crippen LogP contribution in [0.4, 0.5) is 13.2 Å². The van der Waals surface area contributed by atoms with Gasteiger partial charge in [-0.05, 0) is 23.3 Å². The standard InChI is InChI=1S/C14H9F3O2.Na/c15-14(16,17)10-7-5-9(6-8-10)11-3-1-2-4-12(11)13(18)19;/h1-8H,(H,18,19);/q;+1/p-1. The summed E-state index contributed by atoms with van der Waals surface area (Å²) in [5, 5.41) is 10.9. The van der Waals surface area contributed by atoms with Crippen LogP contribution in [-0.2, 0) is 6.18 Å². The van der Waals surface area contributed by atoms with Gasteiger partial charge < -0.3 is 9.90 Å². The first-order valence-corrected chi connectivity index (χ1v) is 5.37. The number of hydrogen-bond donors (Lipinski definition) is 0. The Kier molecular flexibility index (Phi) is 5.39. The van der Waals surface area contributed by atoms with Gasteiger partial charge in [0, 0.05) is 5.56 Å². The molecule has 98 valence electrons. The van der Waals surface area contributed by atoms with Crippen LogP contribution in [0.1, 0.15) is 15.9 Å². The van der Waals surface area contributed by atoms with Gasteiger partial charge in [0.05, 0.1) is 11.5 Å². The van der Waals surface area contributed by atoms with E-state index in [2.05, 4.69) is 0 Å². The molecular formula is C14H8F3NaO2. The molecule has 0 aliphatic rings. The number of hydrogen-bond acceptors (Lipinski definition) is 2. The molecule has 0 saturated heterocycles. The summed E-state index contributed by atoms with van der Waals surface area (Å²) in [7, 11) is 0. The van der Waals surface area contributed by atoms with Gasteiger partial charge in [-0.15, -0.1) is 0 Å². The third-order valence-corrected chi connectivity index (χ3v) is 2.67. The average molecular weight is 288 g/mol. The van der Waals surface area contributed by atoms with Crippen molar-refractivity contribution in [1.29, 1.82) is 0 Å². The van der Waals surface area contributed by atoms with Gasteiger partial charge in [-0.1, -0.05) is 36.4 Å². The summed E-state index contributed by atoms with van der Waals surface area (Å²) < 4.78 is 37.3. The number of carboxylic acid groups (broad SMARTS) is 1. The molecule has 0 aliphatic carbocycles. The van der Waals surface area contributed by atoms with E-state index in [0.29, 0.717) is 11.1 Å². The largest absolute Gasteiger partial charge is 1.00 e. The normalized spacial score (nSPS) is 10.8. The van der Waals surface area contributed by atoms with Crippen molar-refractivity contribution < 1.29 is 52.6 Å². The van der Waals surface area contributed by atoms with Gasteiger partial charge in [0.25, 0.3) is 0 Å². The van der Waals surface area contributed by atoms with E-state index in [0.717, 1.165) is 12.1 Å². The van der Waals surface area contributed by atoms with Crippen molar-refractivity contribution in [2.45, 2.75) is 6.18 Å². The molecule has 0 amide bonds. The summed E-state index contributed by atoms with van der Waals surface area (Å²) in [4.78, 5) is 10.9. The first kappa shape index (κ1) is 16.8. The third kappa shape index (κ3) is 3.62. The fraction of sp³-hybridized carbons (Fsp3) is 0.0714. The van der Waals surface area contributed by atoms with Crippen molar-refractivity contribution in [2.24, 2.45) is 0 Å². The smallest absolute Gasteiger partial charge is 0.545 e. The van der Waals surface area contributed by atoms with Crippen molar-refractivity contribution in [2.75, 3.05) is 0 Å². The molecule has 2 aromatic carbocycles. The molecule has 0 fully saturated rings. The number of aromatic carboxylic acids is 1. The molecule has 0 aromatic heterocycles. The van der Waals surface area contributed by atoms with Gasteiger partial charge in [0.15, 0.2) is 0 Å². The molecule has 0 aliphatic heterocycles. The van der Waals surface area contributed by atoms with E-state index in [1.165, 1.54) is 30.3 Å². The van der Waals surface area contributed by atoms with Crippen LogP contribution in [0, 0.1) is 0 Å². The fourth-order valence-electron chi connectivity index (χ4n) is 1.75. The van der Waals surface area contributed by atoms with Crippen molar-refractivity contribution in [3.63, 3.8) is 0 Å². The van der Waals surface area contributed by atoms with E-state index in [1.807, 2.05) is 0 Å². The molecule has 0 N–H and O–H groups in total. The maximum absolute atomic E-state index is 12.4. The Labute approximate surface area is 135 Å². The Morgan fingerprint density at radius 1 is 0.950 bits per heavy atom. The number of benzene rings is 2. The van der Waals surface area contributed by atoms with Crippen molar-refractivity contribution in [3.8, 4) is 11.1 Å². The molecule has 0 spiro atoms. The number of alkyl halides is 3. The van der Waals surface area contributed by atoms with E-state index < -0.39 is 17.7 Å². The quantitative estimate of drug-likeness (QED) is 0.714. The molecule has 0 heterocycles. The van der Waals surface area contributed by atoms with Crippen LogP contribution in [0.5, 0.6) is 0 Å². The number of carboxylic acids is 1. The predicted molar refractivity (Wildman–Crippen MR) is 61.2 cm³/mol. The summed E-state index contributed by atoms with van der Waals surface area (Å²) >= 11 is 0. The van der Waals surface area contributed by atoms with Crippen LogP contribution >= 0.6 is 0 Å². The molecule has 2 aromatic rings. The molecule has 0 unspecified atom stereocenters. The maximum atomic E-state index is 12.4. The Bertz CT molecular complexity index is 607. The molecule has 2 rings (SSSR count). The molecular weight excluding hydrogens is 280 g/mol. The second-order valence-electron chi connectivity index (χ2n) is 3.91. The van der Waals surface area contributed by atoms with Gasteiger partial charge in [-0.2, -0.15) is 13.2 Å². The number of carbonyl (C=O) groups excluding carboxylic acids is 1. The van der Waals surface area contributed by atoms with Gasteiger partial charge in [0.2, 0.25) is 0 Å². The van der Waals surface area contributed by atoms with E-state index >= 15 is 0 Å². The molecule has 0 bridgehead atoms. The fourth-order valence-corrected chi connectivity index (χ4v) is 1.75. The second-order valence-corrected chi connectivity index (χ2v) is 3.91. The zero-order chi connectivity index (χ0) is 14.0. The number of rotatable bonds is 2. The maximum Gasteiger partial charge on any atom is 1.00 e. The molecule has 2 nitrogen and oxygen atoms in total. The minimum Gasteiger partial charge on any atom is -0.545 e. The van der Waals surface area contributed by atoms with Crippen molar-refractivity contribution in [3.05, 3.63) is 59.7 Å². The molecule has 20 heavy (non-hydrogen) atoms. The summed E-state index contributed by atoms with van der Waals surface area (Å²) in [5.74, 6) is -1.37. The van der Waals surface area contributed by atoms with Crippen LogP contribution in [0.2, 0.25) is 0 Å². The van der Waals surface area contributed by atoms with Gasteiger partial charge in [0.1, 0.15) is 0 Å². The van der Waals surface area contributed by atoms with E-state index in [-0.39, 0.29) is 35.1 Å². The summed E-state index contributed by atoms with van der Waals surface area (Å²) in [6, 6.07) is 10.3. The van der Waals surface area contributed by atoms with Crippen LogP contribution in [0.25, 0.3) is 11.1 Å². The van der Waals surface area contributed by atoms with E-state index in [4.69, 9.17) is 0 Å².